The van der Waals surface area contributed by atoms with Gasteiger partial charge in [0.05, 0.1) is 30.5 Å². The van der Waals surface area contributed by atoms with Crippen LogP contribution in [0.3, 0.4) is 0 Å². The average Bonchev–Trinajstić information content (AvgIpc) is 2.21. The van der Waals surface area contributed by atoms with E-state index in [1.165, 1.54) is 13.0 Å². The Balaban J connectivity index is 2.87. The van der Waals surface area contributed by atoms with Gasteiger partial charge in [0.15, 0.2) is 5.78 Å². The molecule has 0 unspecified atom stereocenters. The highest BCUT2D eigenvalue weighted by molar-refractivity contribution is 5.96. The molecule has 86 valence electrons. The number of hydrogen-bond acceptors (Lipinski definition) is 5. The Morgan fingerprint density at radius 3 is 2.75 bits per heavy atom. The lowest BCUT2D eigenvalue weighted by Crippen LogP contribution is -2.09. The Morgan fingerprint density at radius 1 is 1.50 bits per heavy atom. The Hall–Kier alpha value is -1.91. The van der Waals surface area contributed by atoms with Crippen molar-refractivity contribution in [1.82, 2.24) is 4.98 Å². The van der Waals surface area contributed by atoms with Crippen molar-refractivity contribution in [2.24, 2.45) is 0 Å². The Labute approximate surface area is 93.1 Å². The normalized spacial score (nSPS) is 9.88. The summed E-state index contributed by atoms with van der Waals surface area (Å²) in [6.07, 6.45) is 1.15. The molecule has 1 N–H and O–H groups in total. The molecule has 0 fully saturated rings. The minimum absolute atomic E-state index is 0.00556. The molecule has 16 heavy (non-hydrogen) atoms. The fraction of sp³-hybridized carbons (Fsp3) is 0.364. The van der Waals surface area contributed by atoms with Gasteiger partial charge < -0.3 is 9.84 Å². The van der Waals surface area contributed by atoms with Gasteiger partial charge in [0.1, 0.15) is 5.75 Å². The second-order valence-electron chi connectivity index (χ2n) is 3.23. The largest absolute Gasteiger partial charge is 0.506 e. The van der Waals surface area contributed by atoms with E-state index < -0.39 is 5.97 Å². The van der Waals surface area contributed by atoms with Gasteiger partial charge in [-0.3, -0.25) is 14.6 Å². The van der Waals surface area contributed by atoms with E-state index in [-0.39, 0.29) is 23.5 Å². The number of esters is 1. The minimum Gasteiger partial charge on any atom is -0.506 e. The van der Waals surface area contributed by atoms with Crippen LogP contribution in [-0.2, 0) is 16.0 Å². The number of rotatable bonds is 4. The molecule has 0 spiro atoms. The summed E-state index contributed by atoms with van der Waals surface area (Å²) in [5.74, 6) is -0.861. The van der Waals surface area contributed by atoms with Crippen molar-refractivity contribution in [1.29, 1.82) is 0 Å². The quantitative estimate of drug-likeness (QED) is 0.610. The number of ether oxygens (including phenoxy) is 1. The zero-order chi connectivity index (χ0) is 12.1. The van der Waals surface area contributed by atoms with E-state index in [1.54, 1.807) is 6.92 Å². The van der Waals surface area contributed by atoms with Gasteiger partial charge in [-0.25, -0.2) is 0 Å². The van der Waals surface area contributed by atoms with Gasteiger partial charge in [-0.2, -0.15) is 0 Å². The van der Waals surface area contributed by atoms with E-state index >= 15 is 0 Å². The first-order valence-electron chi connectivity index (χ1n) is 4.89. The lowest BCUT2D eigenvalue weighted by Gasteiger charge is -2.04. The first-order valence-corrected chi connectivity index (χ1v) is 4.89. The predicted molar refractivity (Wildman–Crippen MR) is 56.2 cm³/mol. The van der Waals surface area contributed by atoms with Crippen LogP contribution in [0.25, 0.3) is 0 Å². The van der Waals surface area contributed by atoms with E-state index in [2.05, 4.69) is 4.98 Å². The van der Waals surface area contributed by atoms with Crippen LogP contribution in [0.1, 0.15) is 29.9 Å². The molecule has 0 aliphatic carbocycles. The first-order chi connectivity index (χ1) is 7.54. The third-order valence-corrected chi connectivity index (χ3v) is 1.95. The summed E-state index contributed by atoms with van der Waals surface area (Å²) in [6, 6.07) is 1.40. The summed E-state index contributed by atoms with van der Waals surface area (Å²) in [4.78, 5) is 26.1. The van der Waals surface area contributed by atoms with Crippen LogP contribution >= 0.6 is 0 Å². The summed E-state index contributed by atoms with van der Waals surface area (Å²) >= 11 is 0. The highest BCUT2D eigenvalue weighted by Crippen LogP contribution is 2.17. The lowest BCUT2D eigenvalue weighted by atomic mass is 10.1. The van der Waals surface area contributed by atoms with E-state index in [0.717, 1.165) is 6.20 Å². The monoisotopic (exact) mass is 223 g/mol. The Kier molecular flexibility index (Phi) is 3.99. The molecule has 0 saturated carbocycles. The van der Waals surface area contributed by atoms with Gasteiger partial charge in [-0.15, -0.1) is 0 Å². The smallest absolute Gasteiger partial charge is 0.311 e. The van der Waals surface area contributed by atoms with Crippen molar-refractivity contribution in [2.75, 3.05) is 6.61 Å². The summed E-state index contributed by atoms with van der Waals surface area (Å²) in [5.41, 5.74) is 0.566. The van der Waals surface area contributed by atoms with E-state index in [0.29, 0.717) is 12.3 Å². The lowest BCUT2D eigenvalue weighted by molar-refractivity contribution is -0.142. The number of carbonyl (C=O) groups excluding carboxylic acids is 2. The van der Waals surface area contributed by atoms with Crippen molar-refractivity contribution in [3.63, 3.8) is 0 Å². The van der Waals surface area contributed by atoms with Gasteiger partial charge >= 0.3 is 5.97 Å². The Morgan fingerprint density at radius 2 is 2.19 bits per heavy atom. The van der Waals surface area contributed by atoms with Crippen LogP contribution in [0.2, 0.25) is 0 Å². The maximum Gasteiger partial charge on any atom is 0.311 e. The minimum atomic E-state index is -0.407. The molecule has 5 heteroatoms. The van der Waals surface area contributed by atoms with E-state index in [1.807, 2.05) is 0 Å². The maximum absolute atomic E-state index is 11.2. The maximum atomic E-state index is 11.2. The topological polar surface area (TPSA) is 76.5 Å². The van der Waals surface area contributed by atoms with Crippen molar-refractivity contribution in [3.8, 4) is 5.75 Å². The molecule has 0 aromatic carbocycles. The van der Waals surface area contributed by atoms with E-state index in [9.17, 15) is 14.7 Å². The second kappa shape index (κ2) is 5.25. The van der Waals surface area contributed by atoms with Gasteiger partial charge in [-0.05, 0) is 19.9 Å². The van der Waals surface area contributed by atoms with Gasteiger partial charge in [0.25, 0.3) is 0 Å². The van der Waals surface area contributed by atoms with Crippen LogP contribution < -0.4 is 0 Å². The molecule has 1 heterocycles. The van der Waals surface area contributed by atoms with E-state index in [4.69, 9.17) is 4.74 Å². The third kappa shape index (κ3) is 3.05. The Bertz CT molecular complexity index is 414. The number of carbonyl (C=O) groups is 2. The van der Waals surface area contributed by atoms with Gasteiger partial charge in [0, 0.05) is 0 Å². The molecule has 0 radical (unpaired) electrons. The van der Waals surface area contributed by atoms with Crippen molar-refractivity contribution in [2.45, 2.75) is 20.3 Å². The molecule has 0 saturated heterocycles. The second-order valence-corrected chi connectivity index (χ2v) is 3.23. The third-order valence-electron chi connectivity index (χ3n) is 1.95. The summed E-state index contributed by atoms with van der Waals surface area (Å²) in [6.45, 7) is 3.35. The standard InChI is InChI=1S/C11H13NO4/c1-3-16-11(15)5-8-4-9(7(2)13)10(14)6-12-8/h4,6,14H,3,5H2,1-2H3. The summed E-state index contributed by atoms with van der Waals surface area (Å²) in [7, 11) is 0. The van der Waals surface area contributed by atoms with Gasteiger partial charge in [0.2, 0.25) is 0 Å². The number of aromatic nitrogens is 1. The summed E-state index contributed by atoms with van der Waals surface area (Å²) in [5, 5.41) is 9.34. The molecule has 0 bridgehead atoms. The van der Waals surface area contributed by atoms with Gasteiger partial charge in [-0.1, -0.05) is 0 Å². The predicted octanol–water partition coefficient (Wildman–Crippen LogP) is 1.10. The zero-order valence-corrected chi connectivity index (χ0v) is 9.19. The molecule has 0 atom stereocenters. The highest BCUT2D eigenvalue weighted by atomic mass is 16.5. The molecule has 1 aromatic rings. The molecule has 0 aliphatic rings. The molecule has 1 aromatic heterocycles. The van der Waals surface area contributed by atoms with Crippen molar-refractivity contribution < 1.29 is 19.4 Å². The number of aromatic hydroxyl groups is 1. The number of hydrogen-bond donors (Lipinski definition) is 1. The van der Waals surface area contributed by atoms with Crippen LogP contribution in [0.15, 0.2) is 12.3 Å². The first kappa shape index (κ1) is 12.2. The molecule has 1 rings (SSSR count). The summed E-state index contributed by atoms with van der Waals surface area (Å²) < 4.78 is 4.75. The molecular weight excluding hydrogens is 210 g/mol. The van der Waals surface area contributed by atoms with Crippen molar-refractivity contribution >= 4 is 11.8 Å². The van der Waals surface area contributed by atoms with Crippen LogP contribution in [0.4, 0.5) is 0 Å². The number of ketones is 1. The van der Waals surface area contributed by atoms with Crippen LogP contribution in [-0.4, -0.2) is 28.4 Å². The fourth-order valence-corrected chi connectivity index (χ4v) is 1.23. The average molecular weight is 223 g/mol. The highest BCUT2D eigenvalue weighted by Gasteiger charge is 2.11. The molecule has 0 amide bonds. The molecule has 5 nitrogen and oxygen atoms in total. The van der Waals surface area contributed by atoms with Crippen molar-refractivity contribution in [3.05, 3.63) is 23.5 Å². The number of Topliss-reactive ketones (excluding diaryl/α,β-unsaturated/α-hetero) is 1. The van der Waals surface area contributed by atoms with Crippen LogP contribution in [0, 0.1) is 0 Å². The zero-order valence-electron chi connectivity index (χ0n) is 9.19. The van der Waals surface area contributed by atoms with Crippen LogP contribution in [0.5, 0.6) is 5.75 Å². The number of nitrogens with zero attached hydrogens (tertiary/aromatic N) is 1. The molecular formula is C11H13NO4. The fourth-order valence-electron chi connectivity index (χ4n) is 1.23. The number of pyridine rings is 1. The molecule has 0 aliphatic heterocycles. The SMILES string of the molecule is CCOC(=O)Cc1cc(C(C)=O)c(O)cn1.